The van der Waals surface area contributed by atoms with E-state index in [9.17, 15) is 22.8 Å². The van der Waals surface area contributed by atoms with E-state index in [1.54, 1.807) is 5.32 Å². The van der Waals surface area contributed by atoms with Gasteiger partial charge in [0.1, 0.15) is 6.54 Å². The van der Waals surface area contributed by atoms with E-state index in [2.05, 4.69) is 5.32 Å². The van der Waals surface area contributed by atoms with Gasteiger partial charge in [0.15, 0.2) is 11.5 Å². The second-order valence-electron chi connectivity index (χ2n) is 4.91. The Hall–Kier alpha value is -2.16. The number of halogens is 4. The summed E-state index contributed by atoms with van der Waals surface area (Å²) in [7, 11) is 0. The van der Waals surface area contributed by atoms with Crippen molar-refractivity contribution in [2.24, 2.45) is 0 Å². The molecule has 0 saturated carbocycles. The van der Waals surface area contributed by atoms with Crippen LogP contribution in [0.3, 0.4) is 0 Å². The van der Waals surface area contributed by atoms with Crippen molar-refractivity contribution < 1.29 is 32.2 Å². The van der Waals surface area contributed by atoms with Gasteiger partial charge in [-0.3, -0.25) is 9.59 Å². The maximum absolute atomic E-state index is 12.0. The topological polar surface area (TPSA) is 76.7 Å². The number of alkyl halides is 3. The zero-order valence-corrected chi connectivity index (χ0v) is 13.1. The number of carbonyl (C=O) groups excluding carboxylic acids is 2. The highest BCUT2D eigenvalue weighted by molar-refractivity contribution is 6.32. The minimum atomic E-state index is -4.51. The molecule has 0 unspecified atom stereocenters. The first kappa shape index (κ1) is 18.2. The monoisotopic (exact) mass is 366 g/mol. The molecule has 1 heterocycles. The van der Waals surface area contributed by atoms with Gasteiger partial charge in [0, 0.05) is 12.0 Å². The Morgan fingerprint density at radius 3 is 2.58 bits per heavy atom. The Labute approximate surface area is 140 Å². The Morgan fingerprint density at radius 2 is 1.88 bits per heavy atom. The molecule has 0 spiro atoms. The van der Waals surface area contributed by atoms with Crippen molar-refractivity contribution in [3.05, 3.63) is 22.7 Å². The van der Waals surface area contributed by atoms with Gasteiger partial charge in [0.25, 0.3) is 5.91 Å². The first-order valence-corrected chi connectivity index (χ1v) is 7.35. The lowest BCUT2D eigenvalue weighted by Gasteiger charge is -2.12. The third kappa shape index (κ3) is 5.19. The van der Waals surface area contributed by atoms with E-state index in [1.807, 2.05) is 0 Å². The molecule has 0 fully saturated rings. The second-order valence-corrected chi connectivity index (χ2v) is 5.32. The van der Waals surface area contributed by atoms with Gasteiger partial charge in [-0.1, -0.05) is 11.6 Å². The zero-order valence-electron chi connectivity index (χ0n) is 12.3. The average molecular weight is 367 g/mol. The van der Waals surface area contributed by atoms with Crippen molar-refractivity contribution in [1.29, 1.82) is 0 Å². The maximum atomic E-state index is 12.0. The zero-order chi connectivity index (χ0) is 17.7. The molecule has 0 radical (unpaired) electrons. The van der Waals surface area contributed by atoms with Crippen molar-refractivity contribution in [3.63, 3.8) is 0 Å². The number of fused-ring (bicyclic) bond motifs is 1. The number of benzene rings is 1. The van der Waals surface area contributed by atoms with Crippen LogP contribution in [0.2, 0.25) is 5.02 Å². The Bertz CT molecular complexity index is 637. The predicted octanol–water partition coefficient (Wildman–Crippen LogP) is 1.91. The second kappa shape index (κ2) is 7.61. The molecule has 2 rings (SSSR count). The third-order valence-electron chi connectivity index (χ3n) is 2.96. The van der Waals surface area contributed by atoms with Gasteiger partial charge in [0.2, 0.25) is 5.91 Å². The fraction of sp³-hybridized carbons (Fsp3) is 0.429. The summed E-state index contributed by atoms with van der Waals surface area (Å²) in [5, 5.41) is 4.03. The van der Waals surface area contributed by atoms with Crippen molar-refractivity contribution in [3.8, 4) is 11.5 Å². The molecule has 0 atom stereocenters. The first-order chi connectivity index (χ1) is 11.3. The van der Waals surface area contributed by atoms with E-state index >= 15 is 0 Å². The van der Waals surface area contributed by atoms with Crippen LogP contribution in [0.4, 0.5) is 13.2 Å². The first-order valence-electron chi connectivity index (χ1n) is 6.97. The molecule has 132 valence electrons. The lowest BCUT2D eigenvalue weighted by molar-refractivity contribution is -0.137. The van der Waals surface area contributed by atoms with E-state index in [4.69, 9.17) is 21.1 Å². The van der Waals surface area contributed by atoms with Crippen LogP contribution >= 0.6 is 11.6 Å². The molecule has 1 aromatic carbocycles. The highest BCUT2D eigenvalue weighted by Crippen LogP contribution is 2.37. The molecule has 10 heteroatoms. The highest BCUT2D eigenvalue weighted by Gasteiger charge is 2.27. The summed E-state index contributed by atoms with van der Waals surface area (Å²) in [5.74, 6) is -1.00. The van der Waals surface area contributed by atoms with E-state index in [0.717, 1.165) is 0 Å². The summed E-state index contributed by atoms with van der Waals surface area (Å²) in [6.45, 7) is -1.23. The molecule has 1 aliphatic heterocycles. The van der Waals surface area contributed by atoms with Gasteiger partial charge in [-0.2, -0.15) is 13.2 Å². The SMILES string of the molecule is O=C(CNC(=O)c1cc(Cl)c2c(c1)OCCCO2)NCC(F)(F)F. The van der Waals surface area contributed by atoms with E-state index < -0.39 is 31.1 Å². The lowest BCUT2D eigenvalue weighted by Crippen LogP contribution is -2.40. The summed E-state index contributed by atoms with van der Waals surface area (Å²) in [6, 6.07) is 2.73. The van der Waals surface area contributed by atoms with Gasteiger partial charge in [-0.25, -0.2) is 0 Å². The molecule has 1 aliphatic rings. The molecule has 6 nitrogen and oxygen atoms in total. The van der Waals surface area contributed by atoms with E-state index in [0.29, 0.717) is 31.1 Å². The maximum Gasteiger partial charge on any atom is 0.405 e. The minimum Gasteiger partial charge on any atom is -0.489 e. The Kier molecular flexibility index (Phi) is 5.76. The van der Waals surface area contributed by atoms with Crippen LogP contribution in [0.5, 0.6) is 11.5 Å². The molecular formula is C14H14ClF3N2O4. The quantitative estimate of drug-likeness (QED) is 0.853. The summed E-state index contributed by atoms with van der Waals surface area (Å²) < 4.78 is 46.8. The number of hydrogen-bond acceptors (Lipinski definition) is 4. The van der Waals surface area contributed by atoms with Crippen molar-refractivity contribution >= 4 is 23.4 Å². The fourth-order valence-electron chi connectivity index (χ4n) is 1.89. The highest BCUT2D eigenvalue weighted by atomic mass is 35.5. The molecule has 0 bridgehead atoms. The van der Waals surface area contributed by atoms with Gasteiger partial charge in [0.05, 0.1) is 24.8 Å². The summed E-state index contributed by atoms with van der Waals surface area (Å²) in [6.07, 6.45) is -3.85. The predicted molar refractivity (Wildman–Crippen MR) is 78.5 cm³/mol. The van der Waals surface area contributed by atoms with Crippen molar-refractivity contribution in [2.45, 2.75) is 12.6 Å². The van der Waals surface area contributed by atoms with E-state index in [1.165, 1.54) is 12.1 Å². The van der Waals surface area contributed by atoms with Crippen LogP contribution < -0.4 is 20.1 Å². The van der Waals surface area contributed by atoms with Gasteiger partial charge >= 0.3 is 6.18 Å². The normalized spacial score (nSPS) is 13.8. The van der Waals surface area contributed by atoms with Crippen molar-refractivity contribution in [1.82, 2.24) is 10.6 Å². The average Bonchev–Trinajstić information content (AvgIpc) is 2.75. The van der Waals surface area contributed by atoms with Crippen LogP contribution in [-0.4, -0.2) is 44.3 Å². The minimum absolute atomic E-state index is 0.105. The summed E-state index contributed by atoms with van der Waals surface area (Å²) in [4.78, 5) is 23.3. The molecule has 2 N–H and O–H groups in total. The van der Waals surface area contributed by atoms with Crippen LogP contribution in [-0.2, 0) is 4.79 Å². The fourth-order valence-corrected chi connectivity index (χ4v) is 2.15. The number of hydrogen-bond donors (Lipinski definition) is 2. The molecule has 0 saturated heterocycles. The van der Waals surface area contributed by atoms with E-state index in [-0.39, 0.29) is 10.6 Å². The number of ether oxygens (including phenoxy) is 2. The number of amides is 2. The number of nitrogens with one attached hydrogen (secondary N) is 2. The molecule has 0 aliphatic carbocycles. The van der Waals surface area contributed by atoms with Gasteiger partial charge in [-0.05, 0) is 12.1 Å². The van der Waals surface area contributed by atoms with Crippen LogP contribution in [0.25, 0.3) is 0 Å². The molecular weight excluding hydrogens is 353 g/mol. The summed E-state index contributed by atoms with van der Waals surface area (Å²) in [5.41, 5.74) is 0.105. The largest absolute Gasteiger partial charge is 0.489 e. The molecule has 0 aromatic heterocycles. The number of rotatable bonds is 4. The third-order valence-corrected chi connectivity index (χ3v) is 3.24. The standard InChI is InChI=1S/C14H14ClF3N2O4/c15-9-4-8(5-10-12(9)24-3-1-2-23-10)13(22)19-6-11(21)20-7-14(16,17)18/h4-5H,1-3,6-7H2,(H,19,22)(H,20,21). The molecule has 2 amide bonds. The number of carbonyl (C=O) groups is 2. The molecule has 1 aromatic rings. The van der Waals surface area contributed by atoms with Crippen molar-refractivity contribution in [2.75, 3.05) is 26.3 Å². The van der Waals surface area contributed by atoms with Gasteiger partial charge < -0.3 is 20.1 Å². The molecule has 24 heavy (non-hydrogen) atoms. The lowest BCUT2D eigenvalue weighted by atomic mass is 10.2. The summed E-state index contributed by atoms with van der Waals surface area (Å²) >= 11 is 6.04. The smallest absolute Gasteiger partial charge is 0.405 e. The Morgan fingerprint density at radius 1 is 1.17 bits per heavy atom. The van der Waals surface area contributed by atoms with Gasteiger partial charge in [-0.15, -0.1) is 0 Å². The van der Waals surface area contributed by atoms with Crippen LogP contribution in [0.15, 0.2) is 12.1 Å². The Balaban J connectivity index is 1.96. The van der Waals surface area contributed by atoms with Crippen LogP contribution in [0, 0.1) is 0 Å². The van der Waals surface area contributed by atoms with Crippen LogP contribution in [0.1, 0.15) is 16.8 Å².